The molecular formula is C45H78N2O3S. The van der Waals surface area contributed by atoms with Crippen LogP contribution in [0.5, 0.6) is 0 Å². The maximum absolute atomic E-state index is 14.5. The monoisotopic (exact) mass is 727 g/mol. The van der Waals surface area contributed by atoms with Crippen molar-refractivity contribution in [3.8, 4) is 0 Å². The average molecular weight is 727 g/mol. The number of carbonyl (C=O) groups excluding carboxylic acids is 2. The minimum Gasteiger partial charge on any atom is -0.393 e. The SMILES string of the molecule is CCC(CCCCC(=O)NCCCCCCNC(=O)[C@]12CC[C@@H](C)[C@H](C)C1C1=CCC3[C@@]4(C)CC[C@H](O)C(C)(C)C4CC[C@@]3(C)[C@]1(C)CC2)SC. The number of amides is 2. The molecule has 6 heteroatoms. The average Bonchev–Trinajstić information content (AvgIpc) is 3.09. The normalized spacial score (nSPS) is 40.5. The molecule has 292 valence electrons. The molecule has 4 fully saturated rings. The molecule has 5 nitrogen and oxygen atoms in total. The number of nitrogens with one attached hydrogen (secondary N) is 2. The van der Waals surface area contributed by atoms with Crippen LogP contribution in [0.15, 0.2) is 11.6 Å². The van der Waals surface area contributed by atoms with E-state index in [0.717, 1.165) is 102 Å². The molecule has 5 rings (SSSR count). The summed E-state index contributed by atoms with van der Waals surface area (Å²) in [6.07, 6.45) is 24.0. The van der Waals surface area contributed by atoms with Crippen molar-refractivity contribution in [3.63, 3.8) is 0 Å². The second-order valence-corrected chi connectivity index (χ2v) is 20.8. The molecule has 0 radical (unpaired) electrons. The van der Waals surface area contributed by atoms with E-state index in [0.29, 0.717) is 41.9 Å². The zero-order valence-corrected chi connectivity index (χ0v) is 35.2. The summed E-state index contributed by atoms with van der Waals surface area (Å²) in [5.74, 6) is 3.18. The summed E-state index contributed by atoms with van der Waals surface area (Å²) >= 11 is 1.94. The molecule has 2 amide bonds. The van der Waals surface area contributed by atoms with Crippen LogP contribution >= 0.6 is 11.8 Å². The second kappa shape index (κ2) is 16.4. The van der Waals surface area contributed by atoms with Crippen LogP contribution in [0, 0.1) is 56.7 Å². The molecule has 0 aromatic heterocycles. The van der Waals surface area contributed by atoms with Crippen molar-refractivity contribution in [2.75, 3.05) is 19.3 Å². The van der Waals surface area contributed by atoms with Crippen LogP contribution in [0.4, 0.5) is 0 Å². The highest BCUT2D eigenvalue weighted by Gasteiger charge is 2.69. The van der Waals surface area contributed by atoms with Crippen LogP contribution in [-0.2, 0) is 9.59 Å². The first-order valence-electron chi connectivity index (χ1n) is 21.6. The van der Waals surface area contributed by atoms with E-state index in [1.165, 1.54) is 25.7 Å². The molecule has 4 unspecified atom stereocenters. The highest BCUT2D eigenvalue weighted by molar-refractivity contribution is 7.99. The van der Waals surface area contributed by atoms with Gasteiger partial charge in [-0.1, -0.05) is 86.3 Å². The van der Waals surface area contributed by atoms with Crippen LogP contribution in [0.2, 0.25) is 0 Å². The molecule has 5 aliphatic carbocycles. The van der Waals surface area contributed by atoms with Gasteiger partial charge < -0.3 is 15.7 Å². The van der Waals surface area contributed by atoms with E-state index in [2.05, 4.69) is 78.4 Å². The summed E-state index contributed by atoms with van der Waals surface area (Å²) < 4.78 is 0. The van der Waals surface area contributed by atoms with Gasteiger partial charge in [-0.05, 0) is 147 Å². The number of thioether (sulfide) groups is 1. The predicted octanol–water partition coefficient (Wildman–Crippen LogP) is 10.5. The molecular weight excluding hydrogens is 649 g/mol. The van der Waals surface area contributed by atoms with Crippen molar-refractivity contribution in [1.29, 1.82) is 0 Å². The summed E-state index contributed by atoms with van der Waals surface area (Å²) in [5.41, 5.74) is 1.91. The third-order valence-corrected chi connectivity index (χ3v) is 18.3. The Labute approximate surface area is 317 Å². The van der Waals surface area contributed by atoms with Gasteiger partial charge in [-0.2, -0.15) is 11.8 Å². The van der Waals surface area contributed by atoms with Gasteiger partial charge in [0, 0.05) is 24.8 Å². The number of rotatable bonds is 15. The van der Waals surface area contributed by atoms with E-state index in [1.54, 1.807) is 5.57 Å². The quantitative estimate of drug-likeness (QED) is 0.116. The molecule has 0 heterocycles. The summed E-state index contributed by atoms with van der Waals surface area (Å²) in [4.78, 5) is 26.7. The van der Waals surface area contributed by atoms with Crippen LogP contribution in [0.3, 0.4) is 0 Å². The third-order valence-electron chi connectivity index (χ3n) is 17.1. The lowest BCUT2D eigenvalue weighted by Gasteiger charge is -2.71. The summed E-state index contributed by atoms with van der Waals surface area (Å²) in [7, 11) is 0. The molecule has 51 heavy (non-hydrogen) atoms. The van der Waals surface area contributed by atoms with Gasteiger partial charge in [0.15, 0.2) is 0 Å². The van der Waals surface area contributed by atoms with Gasteiger partial charge in [0.1, 0.15) is 0 Å². The maximum atomic E-state index is 14.5. The Bertz CT molecular complexity index is 1250. The molecule has 0 spiro atoms. The number of hydrogen-bond acceptors (Lipinski definition) is 4. The number of carbonyl (C=O) groups is 2. The largest absolute Gasteiger partial charge is 0.393 e. The molecule has 11 atom stereocenters. The zero-order valence-electron chi connectivity index (χ0n) is 34.4. The van der Waals surface area contributed by atoms with Gasteiger partial charge in [-0.3, -0.25) is 9.59 Å². The Morgan fingerprint density at radius 1 is 0.863 bits per heavy atom. The summed E-state index contributed by atoms with van der Waals surface area (Å²) in [6, 6.07) is 0. The van der Waals surface area contributed by atoms with Crippen molar-refractivity contribution in [2.24, 2.45) is 56.7 Å². The van der Waals surface area contributed by atoms with Crippen LogP contribution in [0.1, 0.15) is 171 Å². The van der Waals surface area contributed by atoms with Crippen LogP contribution < -0.4 is 10.6 Å². The minimum absolute atomic E-state index is 0.0340. The predicted molar refractivity (Wildman–Crippen MR) is 216 cm³/mol. The van der Waals surface area contributed by atoms with Crippen molar-refractivity contribution >= 4 is 23.6 Å². The smallest absolute Gasteiger partial charge is 0.226 e. The van der Waals surface area contributed by atoms with E-state index in [4.69, 9.17) is 0 Å². The molecule has 4 saturated carbocycles. The van der Waals surface area contributed by atoms with Gasteiger partial charge in [-0.25, -0.2) is 0 Å². The van der Waals surface area contributed by atoms with Gasteiger partial charge in [0.2, 0.25) is 11.8 Å². The van der Waals surface area contributed by atoms with Crippen molar-refractivity contribution < 1.29 is 14.7 Å². The van der Waals surface area contributed by atoms with Crippen molar-refractivity contribution in [1.82, 2.24) is 10.6 Å². The second-order valence-electron chi connectivity index (χ2n) is 19.7. The Balaban J connectivity index is 1.16. The molecule has 0 aromatic rings. The lowest BCUT2D eigenvalue weighted by Crippen LogP contribution is -2.66. The van der Waals surface area contributed by atoms with E-state index in [9.17, 15) is 14.7 Å². The Morgan fingerprint density at radius 3 is 2.25 bits per heavy atom. The Morgan fingerprint density at radius 2 is 1.57 bits per heavy atom. The van der Waals surface area contributed by atoms with Crippen LogP contribution in [-0.4, -0.2) is 47.6 Å². The topological polar surface area (TPSA) is 78.4 Å². The number of unbranched alkanes of at least 4 members (excludes halogenated alkanes) is 4. The molecule has 5 aliphatic rings. The number of aliphatic hydroxyl groups is 1. The van der Waals surface area contributed by atoms with E-state index in [-0.39, 0.29) is 39.1 Å². The highest BCUT2D eigenvalue weighted by atomic mass is 32.2. The number of hydrogen-bond donors (Lipinski definition) is 3. The summed E-state index contributed by atoms with van der Waals surface area (Å²) in [6.45, 7) is 21.2. The fraction of sp³-hybridized carbons (Fsp3) is 0.911. The maximum Gasteiger partial charge on any atom is 0.226 e. The van der Waals surface area contributed by atoms with Crippen molar-refractivity contribution in [3.05, 3.63) is 11.6 Å². The van der Waals surface area contributed by atoms with Gasteiger partial charge in [-0.15, -0.1) is 0 Å². The lowest BCUT2D eigenvalue weighted by molar-refractivity contribution is -0.204. The highest BCUT2D eigenvalue weighted by Crippen LogP contribution is 2.75. The molecule has 0 bridgehead atoms. The van der Waals surface area contributed by atoms with E-state index in [1.807, 2.05) is 11.8 Å². The molecule has 0 aromatic carbocycles. The van der Waals surface area contributed by atoms with Crippen LogP contribution in [0.25, 0.3) is 0 Å². The number of allylic oxidation sites excluding steroid dienone is 2. The first-order chi connectivity index (χ1) is 24.1. The summed E-state index contributed by atoms with van der Waals surface area (Å²) in [5, 5.41) is 18.4. The standard InChI is InChI=1S/C45H78N2O3S/c1-10-33(51-9)17-13-14-18-38(49)46-29-15-11-12-16-30-47-40(50)45-26-21-31(2)32(3)39(45)34-19-20-36-42(6)24-23-37(48)41(4,5)35(42)22-25-44(36,8)43(34,7)27-28-45/h19,31-33,35-37,39,48H,10-18,20-30H2,1-9H3,(H,46,49)(H,47,50)/t31-,32+,33?,35?,36?,37+,39?,42+,43-,44-,45+/m1/s1. The first kappa shape index (κ1) is 41.2. The fourth-order valence-electron chi connectivity index (χ4n) is 13.3. The minimum atomic E-state index is -0.282. The molecule has 0 saturated heterocycles. The molecule has 3 N–H and O–H groups in total. The molecule has 0 aliphatic heterocycles. The first-order valence-corrected chi connectivity index (χ1v) is 22.9. The Hall–Kier alpha value is -1.01. The van der Waals surface area contributed by atoms with Gasteiger partial charge in [0.05, 0.1) is 11.5 Å². The lowest BCUT2D eigenvalue weighted by atomic mass is 9.33. The van der Waals surface area contributed by atoms with E-state index >= 15 is 0 Å². The van der Waals surface area contributed by atoms with Crippen molar-refractivity contribution in [2.45, 2.75) is 182 Å². The van der Waals surface area contributed by atoms with Gasteiger partial charge >= 0.3 is 0 Å². The third kappa shape index (κ3) is 7.51. The Kier molecular flexibility index (Phi) is 13.2. The zero-order chi connectivity index (χ0) is 37.2. The number of aliphatic hydroxyl groups excluding tert-OH is 1. The van der Waals surface area contributed by atoms with E-state index < -0.39 is 0 Å². The fourth-order valence-corrected chi connectivity index (χ4v) is 14.0. The number of fused-ring (bicyclic) bond motifs is 7. The van der Waals surface area contributed by atoms with Gasteiger partial charge in [0.25, 0.3) is 0 Å².